The highest BCUT2D eigenvalue weighted by molar-refractivity contribution is 7.92. The highest BCUT2D eigenvalue weighted by Crippen LogP contribution is 2.36. The van der Waals surface area contributed by atoms with Crippen molar-refractivity contribution in [3.8, 4) is 27.7 Å². The number of hydrogen-bond acceptors (Lipinski definition) is 15. The normalized spacial score (nSPS) is 15.0. The number of amides is 4. The van der Waals surface area contributed by atoms with Gasteiger partial charge in [-0.3, -0.25) is 33.0 Å². The third-order valence-corrected chi connectivity index (χ3v) is 15.1. The Morgan fingerprint density at radius 3 is 2.18 bits per heavy atom. The number of anilines is 1. The van der Waals surface area contributed by atoms with Gasteiger partial charge in [-0.25, -0.2) is 18.2 Å². The Balaban J connectivity index is 0.794. The summed E-state index contributed by atoms with van der Waals surface area (Å²) in [5.41, 5.74) is 4.91. The molecule has 418 valence electrons. The van der Waals surface area contributed by atoms with E-state index in [2.05, 4.69) is 25.7 Å². The number of nitrogens with one attached hydrogen (secondary N) is 4. The van der Waals surface area contributed by atoms with E-state index in [1.54, 1.807) is 82.0 Å². The van der Waals surface area contributed by atoms with Gasteiger partial charge in [0.15, 0.2) is 5.75 Å². The van der Waals surface area contributed by atoms with Crippen LogP contribution in [0.3, 0.4) is 0 Å². The van der Waals surface area contributed by atoms with Crippen molar-refractivity contribution in [2.24, 2.45) is 19.5 Å². The number of ether oxygens (including phenoxy) is 5. The molecule has 1 aliphatic heterocycles. The average molecular weight is 1110 g/mol. The van der Waals surface area contributed by atoms with Crippen molar-refractivity contribution in [2.45, 2.75) is 77.1 Å². The van der Waals surface area contributed by atoms with Crippen LogP contribution in [0.5, 0.6) is 17.2 Å². The molecule has 1 fully saturated rings. The van der Waals surface area contributed by atoms with E-state index in [9.17, 15) is 37.5 Å². The molecule has 5 N–H and O–H groups in total. The molecule has 0 saturated carbocycles. The van der Waals surface area contributed by atoms with E-state index in [4.69, 9.17) is 23.7 Å². The number of likely N-dealkylation sites (tertiary alicyclic amines) is 1. The Morgan fingerprint density at radius 1 is 0.846 bits per heavy atom. The molecule has 0 aliphatic carbocycles. The second-order valence-corrected chi connectivity index (χ2v) is 22.3. The first-order valence-electron chi connectivity index (χ1n) is 25.5. The number of sulfonamides is 1. The maximum absolute atomic E-state index is 14.0. The fourth-order valence-electron chi connectivity index (χ4n) is 8.58. The van der Waals surface area contributed by atoms with Crippen molar-refractivity contribution >= 4 is 61.7 Å². The van der Waals surface area contributed by atoms with Gasteiger partial charge in [0.2, 0.25) is 17.7 Å². The first-order chi connectivity index (χ1) is 37.2. The number of aliphatic hydroxyl groups excluding tert-OH is 1. The van der Waals surface area contributed by atoms with Crippen LogP contribution in [0.4, 0.5) is 5.69 Å². The molecule has 0 radical (unpaired) electrons. The first kappa shape index (κ1) is 58.5. The van der Waals surface area contributed by atoms with E-state index in [0.717, 1.165) is 28.1 Å². The molecular formula is C55H68N8O13S2. The summed E-state index contributed by atoms with van der Waals surface area (Å²) in [6.07, 6.45) is -0.0279. The van der Waals surface area contributed by atoms with Crippen molar-refractivity contribution in [3.05, 3.63) is 118 Å². The predicted octanol–water partition coefficient (Wildman–Crippen LogP) is 5.28. The molecule has 21 nitrogen and oxygen atoms in total. The Morgan fingerprint density at radius 2 is 1.51 bits per heavy atom. The van der Waals surface area contributed by atoms with Gasteiger partial charge in [-0.2, -0.15) is 0 Å². The monoisotopic (exact) mass is 1110 g/mol. The molecule has 2 aromatic heterocycles. The maximum Gasteiger partial charge on any atom is 0.328 e. The van der Waals surface area contributed by atoms with Gasteiger partial charge in [0.25, 0.3) is 15.9 Å². The van der Waals surface area contributed by atoms with Crippen LogP contribution in [0.1, 0.15) is 62.2 Å². The fraction of sp³-hybridized carbons (Fsp3) is 0.418. The van der Waals surface area contributed by atoms with E-state index in [1.807, 2.05) is 38.1 Å². The number of nitrogens with zero attached hydrogens (tertiary/aromatic N) is 4. The van der Waals surface area contributed by atoms with Gasteiger partial charge >= 0.3 is 5.69 Å². The molecule has 23 heteroatoms. The van der Waals surface area contributed by atoms with Crippen LogP contribution in [0.2, 0.25) is 0 Å². The minimum Gasteiger partial charge on any atom is -0.493 e. The highest BCUT2D eigenvalue weighted by atomic mass is 32.2. The molecule has 3 heterocycles. The van der Waals surface area contributed by atoms with Crippen LogP contribution >= 0.6 is 11.3 Å². The lowest BCUT2D eigenvalue weighted by atomic mass is 9.85. The Bertz CT molecular complexity index is 3220. The Kier molecular flexibility index (Phi) is 19.9. The maximum atomic E-state index is 14.0. The molecule has 1 saturated heterocycles. The fourth-order valence-corrected chi connectivity index (χ4v) is 10.5. The first-order valence-corrected chi connectivity index (χ1v) is 27.9. The predicted molar refractivity (Wildman–Crippen MR) is 294 cm³/mol. The molecule has 6 aromatic rings. The van der Waals surface area contributed by atoms with E-state index in [-0.39, 0.29) is 93.3 Å². The molecular weight excluding hydrogens is 1040 g/mol. The summed E-state index contributed by atoms with van der Waals surface area (Å²) in [4.78, 5) is 72.7. The largest absolute Gasteiger partial charge is 0.493 e. The SMILES string of the molecule is CCCOc1cccc(Oc2cc3c(cc2NS(=O)(=O)c2ccc(C(=O)NCCOCCOCCOCC(=O)N[C@H](C(=O)N4C[C@H](O)C[C@H]4C(=O)NCc4ccc(-c5scnc5C)cc4)C(C)(C)C)cc2)n(C)c(=O)n3C)c1. The van der Waals surface area contributed by atoms with Crippen LogP contribution in [0.15, 0.2) is 100 Å². The third kappa shape index (κ3) is 15.1. The quantitative estimate of drug-likeness (QED) is 0.0433. The Labute approximate surface area is 457 Å². The molecule has 0 bridgehead atoms. The zero-order valence-corrected chi connectivity index (χ0v) is 46.5. The zero-order valence-electron chi connectivity index (χ0n) is 44.8. The summed E-state index contributed by atoms with van der Waals surface area (Å²) >= 11 is 1.56. The van der Waals surface area contributed by atoms with Crippen molar-refractivity contribution in [1.82, 2.24) is 35.0 Å². The van der Waals surface area contributed by atoms with Gasteiger partial charge < -0.3 is 49.6 Å². The molecule has 3 atom stereocenters. The van der Waals surface area contributed by atoms with Crippen LogP contribution in [-0.4, -0.2) is 134 Å². The number of carbonyl (C=O) groups excluding carboxylic acids is 4. The molecule has 7 rings (SSSR count). The van der Waals surface area contributed by atoms with E-state index in [1.165, 1.54) is 44.4 Å². The molecule has 1 aliphatic rings. The van der Waals surface area contributed by atoms with Gasteiger partial charge in [0.1, 0.15) is 30.2 Å². The number of hydrogen-bond donors (Lipinski definition) is 5. The topological polar surface area (TPSA) is 260 Å². The smallest absolute Gasteiger partial charge is 0.328 e. The Hall–Kier alpha value is -7.15. The second-order valence-electron chi connectivity index (χ2n) is 19.8. The summed E-state index contributed by atoms with van der Waals surface area (Å²) in [5, 5.41) is 19.0. The van der Waals surface area contributed by atoms with Crippen molar-refractivity contribution in [3.63, 3.8) is 0 Å². The summed E-state index contributed by atoms with van der Waals surface area (Å²) in [6.45, 7) is 10.6. The summed E-state index contributed by atoms with van der Waals surface area (Å²) in [7, 11) is -1.02. The molecule has 0 spiro atoms. The van der Waals surface area contributed by atoms with E-state index < -0.39 is 57.3 Å². The van der Waals surface area contributed by atoms with Crippen molar-refractivity contribution < 1.29 is 56.4 Å². The number of thiazole rings is 1. The number of fused-ring (bicyclic) bond motifs is 1. The molecule has 0 unspecified atom stereocenters. The summed E-state index contributed by atoms with van der Waals surface area (Å²) in [5.74, 6) is -0.740. The number of imidazole rings is 1. The second kappa shape index (κ2) is 26.5. The minimum atomic E-state index is -4.22. The summed E-state index contributed by atoms with van der Waals surface area (Å²) in [6, 6.07) is 21.3. The standard InChI is InChI=1S/C55H68N8O13S2/c1-8-21-75-40-10-9-11-41(28-40)76-47-30-45-44(61(6)54(69)62(45)7)29-43(47)60-78(70,71)42-18-16-38(17-19-42)51(66)56-20-22-72-23-24-73-25-26-74-33-48(65)59-50(55(3,4)5)53(68)63-32-39(64)27-46(63)52(67)57-31-36-12-14-37(15-13-36)49-35(2)58-34-77-49/h9-19,28-30,34,39,46,50,60,64H,8,20-27,31-33H2,1-7H3,(H,56,66)(H,57,67)(H,59,65)/t39-,46+,50-/m1/s1. The lowest BCUT2D eigenvalue weighted by Gasteiger charge is -2.35. The number of rotatable bonds is 26. The molecule has 4 amide bonds. The van der Waals surface area contributed by atoms with Gasteiger partial charge in [-0.1, -0.05) is 58.0 Å². The van der Waals surface area contributed by atoms with Crippen LogP contribution in [-0.2, 0) is 59.3 Å². The van der Waals surface area contributed by atoms with Gasteiger partial charge in [0, 0.05) is 57.8 Å². The average Bonchev–Trinajstić information content (AvgIpc) is 4.14. The van der Waals surface area contributed by atoms with Gasteiger partial charge in [-0.05, 0) is 72.4 Å². The van der Waals surface area contributed by atoms with E-state index >= 15 is 0 Å². The van der Waals surface area contributed by atoms with Gasteiger partial charge in [0.05, 0.1) is 83.4 Å². The number of carbonyl (C=O) groups is 4. The third-order valence-electron chi connectivity index (χ3n) is 12.8. The lowest BCUT2D eigenvalue weighted by Crippen LogP contribution is -2.58. The molecule has 4 aromatic carbocycles. The number of aromatic nitrogens is 3. The molecule has 78 heavy (non-hydrogen) atoms. The summed E-state index contributed by atoms with van der Waals surface area (Å²) < 4.78 is 61.5. The number of β-amino-alcohol motifs (C(OH)–C–C–N with tert-alkyl or cyclic N) is 1. The van der Waals surface area contributed by atoms with Crippen LogP contribution in [0, 0.1) is 12.3 Å². The van der Waals surface area contributed by atoms with Crippen LogP contribution in [0.25, 0.3) is 21.5 Å². The number of benzene rings is 4. The van der Waals surface area contributed by atoms with Crippen molar-refractivity contribution in [2.75, 3.05) is 64.1 Å². The number of aliphatic hydroxyl groups is 1. The number of aryl methyl sites for hydroxylation is 3. The van der Waals surface area contributed by atoms with Crippen molar-refractivity contribution in [1.29, 1.82) is 0 Å². The minimum absolute atomic E-state index is 0.0498. The van der Waals surface area contributed by atoms with Gasteiger partial charge in [-0.15, -0.1) is 11.3 Å². The van der Waals surface area contributed by atoms with Crippen LogP contribution < -0.4 is 35.8 Å². The van der Waals surface area contributed by atoms with E-state index in [0.29, 0.717) is 29.1 Å². The lowest BCUT2D eigenvalue weighted by molar-refractivity contribution is -0.144. The highest BCUT2D eigenvalue weighted by Gasteiger charge is 2.44. The zero-order chi connectivity index (χ0) is 56.1.